The smallest absolute Gasteiger partial charge is 0.359 e. The zero-order valence-corrected chi connectivity index (χ0v) is 12.6. The second-order valence-electron chi connectivity index (χ2n) is 4.28. The fraction of sp³-hybridized carbons (Fsp3) is 0.200. The van der Waals surface area contributed by atoms with Crippen LogP contribution in [0.15, 0.2) is 36.8 Å². The van der Waals surface area contributed by atoms with Gasteiger partial charge in [-0.25, -0.2) is 9.78 Å². The van der Waals surface area contributed by atoms with Crippen LogP contribution in [0.3, 0.4) is 0 Å². The van der Waals surface area contributed by atoms with Gasteiger partial charge < -0.3 is 19.5 Å². The number of nitrogens with one attached hydrogen (secondary N) is 1. The van der Waals surface area contributed by atoms with Gasteiger partial charge in [0, 0.05) is 18.5 Å². The lowest BCUT2D eigenvalue weighted by Gasteiger charge is -2.11. The Morgan fingerprint density at radius 1 is 1.17 bits per heavy atom. The minimum atomic E-state index is -0.727. The van der Waals surface area contributed by atoms with Crippen molar-refractivity contribution in [2.45, 2.75) is 0 Å². The summed E-state index contributed by atoms with van der Waals surface area (Å²) in [6.07, 6.45) is 4.05. The zero-order valence-electron chi connectivity index (χ0n) is 12.6. The van der Waals surface area contributed by atoms with Crippen LogP contribution in [0.1, 0.15) is 10.5 Å². The Morgan fingerprint density at radius 3 is 2.65 bits per heavy atom. The molecular weight excluding hydrogens is 302 g/mol. The standard InChI is InChI=1S/C15H15N3O5/c1-21-10-3-4-11(13(7-10)22-2)18-14(19)9-23-15(20)12-8-16-5-6-17-12/h3-8H,9H2,1-2H3,(H,18,19). The first-order valence-corrected chi connectivity index (χ1v) is 6.59. The van der Waals surface area contributed by atoms with Gasteiger partial charge in [-0.3, -0.25) is 9.78 Å². The van der Waals surface area contributed by atoms with E-state index in [1.54, 1.807) is 18.2 Å². The van der Waals surface area contributed by atoms with Crippen molar-refractivity contribution in [3.05, 3.63) is 42.5 Å². The first-order chi connectivity index (χ1) is 11.1. The molecule has 0 saturated carbocycles. The maximum absolute atomic E-state index is 11.9. The van der Waals surface area contributed by atoms with Crippen molar-refractivity contribution in [3.63, 3.8) is 0 Å². The summed E-state index contributed by atoms with van der Waals surface area (Å²) in [5, 5.41) is 2.59. The van der Waals surface area contributed by atoms with E-state index in [-0.39, 0.29) is 5.69 Å². The summed E-state index contributed by atoms with van der Waals surface area (Å²) >= 11 is 0. The number of esters is 1. The van der Waals surface area contributed by atoms with Gasteiger partial charge in [0.15, 0.2) is 12.3 Å². The molecule has 8 nitrogen and oxygen atoms in total. The SMILES string of the molecule is COc1ccc(NC(=O)COC(=O)c2cnccn2)c(OC)c1. The van der Waals surface area contributed by atoms with Crippen LogP contribution < -0.4 is 14.8 Å². The number of anilines is 1. The molecule has 0 atom stereocenters. The van der Waals surface area contributed by atoms with E-state index in [9.17, 15) is 9.59 Å². The molecule has 0 bridgehead atoms. The number of benzene rings is 1. The molecule has 1 aromatic carbocycles. The van der Waals surface area contributed by atoms with Crippen LogP contribution in [0.4, 0.5) is 5.69 Å². The van der Waals surface area contributed by atoms with Crippen LogP contribution in [0.25, 0.3) is 0 Å². The third kappa shape index (κ3) is 4.40. The Hall–Kier alpha value is -3.16. The molecule has 120 valence electrons. The van der Waals surface area contributed by atoms with E-state index in [0.717, 1.165) is 0 Å². The van der Waals surface area contributed by atoms with Gasteiger partial charge in [-0.2, -0.15) is 0 Å². The number of nitrogens with zero attached hydrogens (tertiary/aromatic N) is 2. The molecular formula is C15H15N3O5. The number of rotatable bonds is 6. The van der Waals surface area contributed by atoms with E-state index in [4.69, 9.17) is 14.2 Å². The number of hydrogen-bond donors (Lipinski definition) is 1. The van der Waals surface area contributed by atoms with Crippen molar-refractivity contribution in [1.29, 1.82) is 0 Å². The summed E-state index contributed by atoms with van der Waals surface area (Å²) in [6.45, 7) is -0.454. The quantitative estimate of drug-likeness (QED) is 0.801. The summed E-state index contributed by atoms with van der Waals surface area (Å²) in [7, 11) is 3.00. The van der Waals surface area contributed by atoms with E-state index in [1.165, 1.54) is 32.8 Å². The molecule has 0 aliphatic carbocycles. The lowest BCUT2D eigenvalue weighted by atomic mass is 10.2. The van der Waals surface area contributed by atoms with Gasteiger partial charge in [-0.1, -0.05) is 0 Å². The monoisotopic (exact) mass is 317 g/mol. The summed E-state index contributed by atoms with van der Waals surface area (Å²) in [6, 6.07) is 4.92. The van der Waals surface area contributed by atoms with E-state index in [2.05, 4.69) is 15.3 Å². The minimum Gasteiger partial charge on any atom is -0.497 e. The lowest BCUT2D eigenvalue weighted by Crippen LogP contribution is -2.21. The maximum atomic E-state index is 11.9. The van der Waals surface area contributed by atoms with Crippen LogP contribution in [0.2, 0.25) is 0 Å². The normalized spacial score (nSPS) is 9.83. The van der Waals surface area contributed by atoms with Crippen molar-refractivity contribution in [2.75, 3.05) is 26.1 Å². The summed E-state index contributed by atoms with van der Waals surface area (Å²) in [5.74, 6) is -0.215. The Labute approximate surface area is 132 Å². The van der Waals surface area contributed by atoms with Gasteiger partial charge >= 0.3 is 5.97 Å². The van der Waals surface area contributed by atoms with Crippen LogP contribution in [-0.4, -0.2) is 42.7 Å². The molecule has 8 heteroatoms. The van der Waals surface area contributed by atoms with Crippen molar-refractivity contribution >= 4 is 17.6 Å². The van der Waals surface area contributed by atoms with Crippen molar-refractivity contribution in [2.24, 2.45) is 0 Å². The van der Waals surface area contributed by atoms with Gasteiger partial charge in [-0.15, -0.1) is 0 Å². The van der Waals surface area contributed by atoms with E-state index < -0.39 is 18.5 Å². The molecule has 1 heterocycles. The predicted molar refractivity (Wildman–Crippen MR) is 80.5 cm³/mol. The summed E-state index contributed by atoms with van der Waals surface area (Å²) in [5.41, 5.74) is 0.469. The summed E-state index contributed by atoms with van der Waals surface area (Å²) < 4.78 is 15.1. The first-order valence-electron chi connectivity index (χ1n) is 6.59. The van der Waals surface area contributed by atoms with Crippen LogP contribution >= 0.6 is 0 Å². The molecule has 0 unspecified atom stereocenters. The maximum Gasteiger partial charge on any atom is 0.359 e. The predicted octanol–water partition coefficient (Wildman–Crippen LogP) is 1.29. The topological polar surface area (TPSA) is 99.6 Å². The molecule has 0 aliphatic rings. The molecule has 0 saturated heterocycles. The third-order valence-electron chi connectivity index (χ3n) is 2.79. The highest BCUT2D eigenvalue weighted by Crippen LogP contribution is 2.28. The number of aromatic nitrogens is 2. The molecule has 2 rings (SSSR count). The highest BCUT2D eigenvalue weighted by molar-refractivity contribution is 5.95. The highest BCUT2D eigenvalue weighted by atomic mass is 16.5. The fourth-order valence-electron chi connectivity index (χ4n) is 1.70. The molecule has 0 spiro atoms. The van der Waals surface area contributed by atoms with Gasteiger partial charge in [0.1, 0.15) is 11.5 Å². The van der Waals surface area contributed by atoms with E-state index in [0.29, 0.717) is 17.2 Å². The zero-order chi connectivity index (χ0) is 16.7. The molecule has 0 fully saturated rings. The number of ether oxygens (including phenoxy) is 3. The largest absolute Gasteiger partial charge is 0.497 e. The average Bonchev–Trinajstić information content (AvgIpc) is 2.60. The van der Waals surface area contributed by atoms with E-state index in [1.807, 2.05) is 0 Å². The molecule has 0 aliphatic heterocycles. The second-order valence-corrected chi connectivity index (χ2v) is 4.28. The fourth-order valence-corrected chi connectivity index (χ4v) is 1.70. The molecule has 1 amide bonds. The Balaban J connectivity index is 1.93. The summed E-state index contributed by atoms with van der Waals surface area (Å²) in [4.78, 5) is 31.1. The number of amides is 1. The van der Waals surface area contributed by atoms with E-state index >= 15 is 0 Å². The molecule has 0 radical (unpaired) electrons. The Kier molecular flexibility index (Phi) is 5.45. The third-order valence-corrected chi connectivity index (χ3v) is 2.79. The first kappa shape index (κ1) is 16.2. The van der Waals surface area contributed by atoms with Crippen LogP contribution in [-0.2, 0) is 9.53 Å². The van der Waals surface area contributed by atoms with Crippen molar-refractivity contribution in [1.82, 2.24) is 9.97 Å². The Bertz CT molecular complexity index is 691. The molecule has 2 aromatic rings. The van der Waals surface area contributed by atoms with Crippen LogP contribution in [0.5, 0.6) is 11.5 Å². The highest BCUT2D eigenvalue weighted by Gasteiger charge is 2.13. The molecule has 23 heavy (non-hydrogen) atoms. The van der Waals surface area contributed by atoms with Crippen LogP contribution in [0, 0.1) is 0 Å². The Morgan fingerprint density at radius 2 is 2.00 bits per heavy atom. The van der Waals surface area contributed by atoms with Crippen molar-refractivity contribution < 1.29 is 23.8 Å². The average molecular weight is 317 g/mol. The number of methoxy groups -OCH3 is 2. The number of carbonyl (C=O) groups excluding carboxylic acids is 2. The molecule has 1 N–H and O–H groups in total. The van der Waals surface area contributed by atoms with Crippen molar-refractivity contribution in [3.8, 4) is 11.5 Å². The number of carbonyl (C=O) groups is 2. The van der Waals surface area contributed by atoms with Gasteiger partial charge in [0.25, 0.3) is 5.91 Å². The van der Waals surface area contributed by atoms with Gasteiger partial charge in [0.2, 0.25) is 0 Å². The van der Waals surface area contributed by atoms with Gasteiger partial charge in [-0.05, 0) is 12.1 Å². The lowest BCUT2D eigenvalue weighted by molar-refractivity contribution is -0.119. The number of hydrogen-bond acceptors (Lipinski definition) is 7. The van der Waals surface area contributed by atoms with Gasteiger partial charge in [0.05, 0.1) is 26.1 Å². The minimum absolute atomic E-state index is 0.0299. The molecule has 1 aromatic heterocycles. The second kappa shape index (κ2) is 7.74.